The van der Waals surface area contributed by atoms with Crippen molar-refractivity contribution in [1.29, 1.82) is 0 Å². The third-order valence-corrected chi connectivity index (χ3v) is 5.88. The van der Waals surface area contributed by atoms with Gasteiger partial charge in [0.1, 0.15) is 5.75 Å². The molecule has 2 aromatic rings. The number of ether oxygens (including phenoxy) is 1. The van der Waals surface area contributed by atoms with Crippen LogP contribution in [0.4, 0.5) is 0 Å². The summed E-state index contributed by atoms with van der Waals surface area (Å²) >= 11 is 12.8. The summed E-state index contributed by atoms with van der Waals surface area (Å²) in [4.78, 5) is 2.34. The molecule has 0 spiro atoms. The van der Waals surface area contributed by atoms with E-state index in [9.17, 15) is 0 Å². The van der Waals surface area contributed by atoms with Crippen molar-refractivity contribution < 1.29 is 4.74 Å². The van der Waals surface area contributed by atoms with Crippen molar-refractivity contribution in [2.24, 2.45) is 0 Å². The third-order valence-electron chi connectivity index (χ3n) is 2.38. The summed E-state index contributed by atoms with van der Waals surface area (Å²) in [5, 5.41) is 6.08. The standard InChI is InChI=1S/C11H11BrClNOS2/c1-14-9(8-5-6(13)11(12)17-8)10-7(15-2)3-4-16-10/h3-5,9,14H,1-2H3. The maximum atomic E-state index is 6.07. The Hall–Kier alpha value is -0.0700. The molecule has 0 amide bonds. The average molecular weight is 353 g/mol. The van der Waals surface area contributed by atoms with Crippen LogP contribution in [0.5, 0.6) is 5.75 Å². The molecule has 1 atom stereocenters. The first kappa shape index (κ1) is 13.4. The van der Waals surface area contributed by atoms with Crippen molar-refractivity contribution in [2.45, 2.75) is 6.04 Å². The summed E-state index contributed by atoms with van der Waals surface area (Å²) < 4.78 is 6.32. The molecule has 0 saturated heterocycles. The molecule has 0 saturated carbocycles. The molecule has 2 nitrogen and oxygen atoms in total. The van der Waals surface area contributed by atoms with Crippen LogP contribution in [-0.2, 0) is 0 Å². The van der Waals surface area contributed by atoms with Gasteiger partial charge in [-0.1, -0.05) is 11.6 Å². The number of methoxy groups -OCH3 is 1. The van der Waals surface area contributed by atoms with Crippen LogP contribution in [0.25, 0.3) is 0 Å². The summed E-state index contributed by atoms with van der Waals surface area (Å²) in [7, 11) is 3.63. The second-order valence-electron chi connectivity index (χ2n) is 3.35. The van der Waals surface area contributed by atoms with Gasteiger partial charge in [0.05, 0.1) is 26.8 Å². The highest BCUT2D eigenvalue weighted by molar-refractivity contribution is 9.11. The molecule has 0 bridgehead atoms. The first-order valence-corrected chi connectivity index (χ1v) is 7.77. The Balaban J connectivity index is 2.40. The molecule has 6 heteroatoms. The number of nitrogens with one attached hydrogen (secondary N) is 1. The maximum absolute atomic E-state index is 6.07. The Kier molecular flexibility index (Phi) is 4.49. The van der Waals surface area contributed by atoms with Crippen LogP contribution < -0.4 is 10.1 Å². The van der Waals surface area contributed by atoms with E-state index < -0.39 is 0 Å². The van der Waals surface area contributed by atoms with Crippen molar-refractivity contribution in [2.75, 3.05) is 14.2 Å². The van der Waals surface area contributed by atoms with E-state index in [4.69, 9.17) is 16.3 Å². The lowest BCUT2D eigenvalue weighted by molar-refractivity contribution is 0.409. The van der Waals surface area contributed by atoms with E-state index in [1.165, 1.54) is 9.75 Å². The molecule has 2 aromatic heterocycles. The first-order valence-electron chi connectivity index (χ1n) is 4.90. The van der Waals surface area contributed by atoms with Crippen LogP contribution in [0, 0.1) is 0 Å². The third kappa shape index (κ3) is 2.69. The van der Waals surface area contributed by atoms with Crippen molar-refractivity contribution in [1.82, 2.24) is 5.32 Å². The first-order chi connectivity index (χ1) is 8.17. The van der Waals surface area contributed by atoms with E-state index in [0.717, 1.165) is 14.6 Å². The molecular formula is C11H11BrClNOS2. The summed E-state index contributed by atoms with van der Waals surface area (Å²) in [5.74, 6) is 0.912. The Morgan fingerprint density at radius 3 is 2.82 bits per heavy atom. The van der Waals surface area contributed by atoms with E-state index in [-0.39, 0.29) is 6.04 Å². The Morgan fingerprint density at radius 1 is 1.53 bits per heavy atom. The minimum Gasteiger partial charge on any atom is -0.496 e. The maximum Gasteiger partial charge on any atom is 0.134 e. The molecule has 92 valence electrons. The van der Waals surface area contributed by atoms with E-state index in [2.05, 4.69) is 21.2 Å². The van der Waals surface area contributed by atoms with E-state index >= 15 is 0 Å². The lowest BCUT2D eigenvalue weighted by atomic mass is 10.2. The van der Waals surface area contributed by atoms with Crippen molar-refractivity contribution in [3.05, 3.63) is 36.1 Å². The highest BCUT2D eigenvalue weighted by Crippen LogP contribution is 2.41. The molecular weight excluding hydrogens is 342 g/mol. The molecule has 0 aromatic carbocycles. The lowest BCUT2D eigenvalue weighted by Crippen LogP contribution is -2.15. The van der Waals surface area contributed by atoms with Crippen molar-refractivity contribution in [3.63, 3.8) is 0 Å². The molecule has 0 aliphatic heterocycles. The van der Waals surface area contributed by atoms with Gasteiger partial charge in [0.25, 0.3) is 0 Å². The topological polar surface area (TPSA) is 21.3 Å². The smallest absolute Gasteiger partial charge is 0.134 e. The van der Waals surface area contributed by atoms with Crippen LogP contribution in [-0.4, -0.2) is 14.2 Å². The summed E-state index contributed by atoms with van der Waals surface area (Å²) in [6.45, 7) is 0. The lowest BCUT2D eigenvalue weighted by Gasteiger charge is -2.14. The predicted octanol–water partition coefficient (Wildman–Crippen LogP) is 4.54. The Labute approximate surface area is 122 Å². The SMILES string of the molecule is CNC(c1cc(Cl)c(Br)s1)c1sccc1OC. The molecule has 0 aliphatic carbocycles. The zero-order valence-electron chi connectivity index (χ0n) is 9.29. The fourth-order valence-electron chi connectivity index (χ4n) is 1.60. The molecule has 0 fully saturated rings. The van der Waals surface area contributed by atoms with Gasteiger partial charge in [-0.3, -0.25) is 0 Å². The normalized spacial score (nSPS) is 12.7. The zero-order valence-corrected chi connectivity index (χ0v) is 13.3. The number of hydrogen-bond acceptors (Lipinski definition) is 4. The van der Waals surface area contributed by atoms with E-state index in [1.807, 2.05) is 24.6 Å². The van der Waals surface area contributed by atoms with Crippen molar-refractivity contribution >= 4 is 50.2 Å². The molecule has 0 aliphatic rings. The van der Waals surface area contributed by atoms with E-state index in [0.29, 0.717) is 0 Å². The monoisotopic (exact) mass is 351 g/mol. The molecule has 1 N–H and O–H groups in total. The Morgan fingerprint density at radius 2 is 2.29 bits per heavy atom. The van der Waals surface area contributed by atoms with Crippen LogP contribution in [0.1, 0.15) is 15.8 Å². The van der Waals surface area contributed by atoms with Crippen molar-refractivity contribution in [3.8, 4) is 5.75 Å². The van der Waals surface area contributed by atoms with Crippen LogP contribution in [0.2, 0.25) is 5.02 Å². The quantitative estimate of drug-likeness (QED) is 0.872. The molecule has 2 rings (SSSR count). The van der Waals surface area contributed by atoms with Gasteiger partial charge in [0.2, 0.25) is 0 Å². The minimum absolute atomic E-state index is 0.124. The molecule has 2 heterocycles. The predicted molar refractivity (Wildman–Crippen MR) is 78.8 cm³/mol. The fourth-order valence-corrected chi connectivity index (χ4v) is 4.52. The number of hydrogen-bond donors (Lipinski definition) is 1. The van der Waals surface area contributed by atoms with Gasteiger partial charge >= 0.3 is 0 Å². The number of halogens is 2. The van der Waals surface area contributed by atoms with Gasteiger partial charge in [0, 0.05) is 4.88 Å². The molecule has 17 heavy (non-hydrogen) atoms. The highest BCUT2D eigenvalue weighted by Gasteiger charge is 2.21. The second-order valence-corrected chi connectivity index (χ2v) is 7.10. The van der Waals surface area contributed by atoms with Gasteiger partial charge in [0.15, 0.2) is 0 Å². The highest BCUT2D eigenvalue weighted by atomic mass is 79.9. The number of rotatable bonds is 4. The average Bonchev–Trinajstić information content (AvgIpc) is 2.89. The van der Waals surface area contributed by atoms with E-state index in [1.54, 1.807) is 29.8 Å². The largest absolute Gasteiger partial charge is 0.496 e. The summed E-state index contributed by atoms with van der Waals surface area (Å²) in [6.07, 6.45) is 0. The van der Waals surface area contributed by atoms with Gasteiger partial charge in [-0.15, -0.1) is 22.7 Å². The molecule has 1 unspecified atom stereocenters. The number of thiophene rings is 2. The Bertz CT molecular complexity index is 492. The van der Waals surface area contributed by atoms with Crippen LogP contribution >= 0.6 is 50.2 Å². The van der Waals surface area contributed by atoms with Gasteiger partial charge in [-0.25, -0.2) is 0 Å². The summed E-state index contributed by atoms with van der Waals surface area (Å²) in [6, 6.07) is 4.09. The van der Waals surface area contributed by atoms with Crippen LogP contribution in [0.3, 0.4) is 0 Å². The second kappa shape index (κ2) is 5.71. The minimum atomic E-state index is 0.124. The van der Waals surface area contributed by atoms with Gasteiger partial charge < -0.3 is 10.1 Å². The molecule has 0 radical (unpaired) electrons. The van der Waals surface area contributed by atoms with Gasteiger partial charge in [-0.05, 0) is 40.5 Å². The summed E-state index contributed by atoms with van der Waals surface area (Å²) in [5.41, 5.74) is 0. The van der Waals surface area contributed by atoms with Crippen LogP contribution in [0.15, 0.2) is 21.3 Å². The zero-order chi connectivity index (χ0) is 12.4. The van der Waals surface area contributed by atoms with Gasteiger partial charge in [-0.2, -0.15) is 0 Å². The fraction of sp³-hybridized carbons (Fsp3) is 0.273.